The Bertz CT molecular complexity index is 643. The predicted molar refractivity (Wildman–Crippen MR) is 83.0 cm³/mol. The first-order chi connectivity index (χ1) is 10.6. The van der Waals surface area contributed by atoms with Crippen LogP contribution < -0.4 is 5.32 Å². The minimum Gasteiger partial charge on any atom is -0.462 e. The summed E-state index contributed by atoms with van der Waals surface area (Å²) in [7, 11) is 0. The second-order valence-electron chi connectivity index (χ2n) is 4.95. The summed E-state index contributed by atoms with van der Waals surface area (Å²) < 4.78 is 10.3. The zero-order chi connectivity index (χ0) is 15.9. The van der Waals surface area contributed by atoms with Gasteiger partial charge in [0.15, 0.2) is 5.76 Å². The zero-order valence-corrected chi connectivity index (χ0v) is 12.7. The van der Waals surface area contributed by atoms with E-state index in [-0.39, 0.29) is 17.6 Å². The molecular weight excluding hydrogens is 282 g/mol. The highest BCUT2D eigenvalue weighted by Crippen LogP contribution is 2.14. The first kappa shape index (κ1) is 15.8. The lowest BCUT2D eigenvalue weighted by atomic mass is 10.2. The summed E-state index contributed by atoms with van der Waals surface area (Å²) in [6.45, 7) is 4.26. The highest BCUT2D eigenvalue weighted by atomic mass is 16.5. The van der Waals surface area contributed by atoms with Crippen LogP contribution in [0.15, 0.2) is 41.0 Å². The fourth-order valence-electron chi connectivity index (χ4n) is 1.88. The molecule has 1 aromatic heterocycles. The molecule has 1 aromatic carbocycles. The number of furan rings is 1. The number of esters is 1. The van der Waals surface area contributed by atoms with Crippen LogP contribution in [0.4, 0.5) is 5.69 Å². The molecule has 22 heavy (non-hydrogen) atoms. The average molecular weight is 301 g/mol. The van der Waals surface area contributed by atoms with Crippen molar-refractivity contribution in [1.82, 2.24) is 0 Å². The molecule has 1 amide bonds. The maximum absolute atomic E-state index is 12.0. The van der Waals surface area contributed by atoms with Crippen LogP contribution in [0.2, 0.25) is 0 Å². The van der Waals surface area contributed by atoms with Crippen molar-refractivity contribution >= 4 is 17.6 Å². The maximum Gasteiger partial charge on any atom is 0.338 e. The lowest BCUT2D eigenvalue weighted by molar-refractivity contribution is 0.0499. The van der Waals surface area contributed by atoms with Crippen LogP contribution >= 0.6 is 0 Å². The first-order valence-corrected chi connectivity index (χ1v) is 7.24. The van der Waals surface area contributed by atoms with Crippen LogP contribution in [0.1, 0.15) is 46.2 Å². The van der Waals surface area contributed by atoms with Gasteiger partial charge in [-0.25, -0.2) is 4.79 Å². The molecule has 1 heterocycles. The minimum absolute atomic E-state index is 0.281. The van der Waals surface area contributed by atoms with E-state index in [4.69, 9.17) is 9.15 Å². The van der Waals surface area contributed by atoms with Gasteiger partial charge in [0.1, 0.15) is 0 Å². The van der Waals surface area contributed by atoms with E-state index < -0.39 is 0 Å². The quantitative estimate of drug-likeness (QED) is 0.651. The summed E-state index contributed by atoms with van der Waals surface area (Å²) in [6.07, 6.45) is 3.30. The molecule has 0 unspecified atom stereocenters. The fraction of sp³-hybridized carbons (Fsp3) is 0.294. The molecule has 5 heteroatoms. The van der Waals surface area contributed by atoms with Crippen molar-refractivity contribution in [3.8, 4) is 0 Å². The molecule has 0 spiro atoms. The van der Waals surface area contributed by atoms with E-state index in [0.29, 0.717) is 17.9 Å². The monoisotopic (exact) mass is 301 g/mol. The van der Waals surface area contributed by atoms with Crippen LogP contribution in [-0.2, 0) is 4.74 Å². The average Bonchev–Trinajstić information content (AvgIpc) is 2.94. The van der Waals surface area contributed by atoms with E-state index in [9.17, 15) is 9.59 Å². The van der Waals surface area contributed by atoms with Gasteiger partial charge >= 0.3 is 5.97 Å². The number of unbranched alkanes of at least 4 members (excludes halogenated alkanes) is 1. The third-order valence-corrected chi connectivity index (χ3v) is 3.18. The van der Waals surface area contributed by atoms with Crippen molar-refractivity contribution in [2.75, 3.05) is 11.9 Å². The third-order valence-electron chi connectivity index (χ3n) is 3.18. The summed E-state index contributed by atoms with van der Waals surface area (Å²) in [5.41, 5.74) is 1.82. The first-order valence-electron chi connectivity index (χ1n) is 7.24. The largest absolute Gasteiger partial charge is 0.462 e. The van der Waals surface area contributed by atoms with Gasteiger partial charge in [0.05, 0.1) is 18.4 Å². The second-order valence-corrected chi connectivity index (χ2v) is 4.95. The summed E-state index contributed by atoms with van der Waals surface area (Å²) in [5, 5.41) is 2.72. The summed E-state index contributed by atoms with van der Waals surface area (Å²) >= 11 is 0. The molecule has 0 saturated carbocycles. The molecule has 0 radical (unpaired) electrons. The van der Waals surface area contributed by atoms with Crippen molar-refractivity contribution < 1.29 is 18.7 Å². The van der Waals surface area contributed by atoms with E-state index in [1.54, 1.807) is 37.3 Å². The van der Waals surface area contributed by atoms with E-state index >= 15 is 0 Å². The number of ether oxygens (including phenoxy) is 1. The van der Waals surface area contributed by atoms with E-state index in [1.165, 1.54) is 6.26 Å². The second kappa shape index (κ2) is 7.45. The topological polar surface area (TPSA) is 68.5 Å². The predicted octanol–water partition coefficient (Wildman–Crippen LogP) is 3.80. The molecule has 116 valence electrons. The number of carbonyl (C=O) groups is 2. The number of hydrogen-bond acceptors (Lipinski definition) is 4. The van der Waals surface area contributed by atoms with Gasteiger partial charge in [-0.1, -0.05) is 13.3 Å². The van der Waals surface area contributed by atoms with Crippen LogP contribution in [0, 0.1) is 6.92 Å². The third kappa shape index (κ3) is 3.97. The number of anilines is 1. The normalized spacial score (nSPS) is 10.3. The Balaban J connectivity index is 1.96. The summed E-state index contributed by atoms with van der Waals surface area (Å²) in [6, 6.07) is 8.29. The Labute approximate surface area is 129 Å². The van der Waals surface area contributed by atoms with Crippen molar-refractivity contribution in [1.29, 1.82) is 0 Å². The van der Waals surface area contributed by atoms with Crippen molar-refractivity contribution in [3.05, 3.63) is 53.5 Å². The highest BCUT2D eigenvalue weighted by Gasteiger charge is 2.13. The number of carbonyl (C=O) groups excluding carboxylic acids is 2. The molecule has 2 rings (SSSR count). The zero-order valence-electron chi connectivity index (χ0n) is 12.7. The molecular formula is C17H19NO4. The fourth-order valence-corrected chi connectivity index (χ4v) is 1.88. The van der Waals surface area contributed by atoms with Gasteiger partial charge in [0.2, 0.25) is 0 Å². The van der Waals surface area contributed by atoms with Gasteiger partial charge < -0.3 is 14.5 Å². The number of benzene rings is 1. The molecule has 0 aliphatic heterocycles. The van der Waals surface area contributed by atoms with Crippen molar-refractivity contribution in [2.45, 2.75) is 26.7 Å². The molecule has 1 N–H and O–H groups in total. The van der Waals surface area contributed by atoms with Crippen molar-refractivity contribution in [2.24, 2.45) is 0 Å². The Morgan fingerprint density at radius 2 is 1.91 bits per heavy atom. The van der Waals surface area contributed by atoms with E-state index in [2.05, 4.69) is 5.32 Å². The maximum atomic E-state index is 12.0. The van der Waals surface area contributed by atoms with Gasteiger partial charge in [-0.3, -0.25) is 4.79 Å². The number of amides is 1. The molecule has 2 aromatic rings. The van der Waals surface area contributed by atoms with Crippen molar-refractivity contribution in [3.63, 3.8) is 0 Å². The number of nitrogens with one attached hydrogen (secondary N) is 1. The molecule has 0 aliphatic carbocycles. The Morgan fingerprint density at radius 1 is 1.18 bits per heavy atom. The molecule has 0 fully saturated rings. The molecule has 0 atom stereocenters. The van der Waals surface area contributed by atoms with Gasteiger partial charge in [-0.2, -0.15) is 0 Å². The van der Waals surface area contributed by atoms with E-state index in [0.717, 1.165) is 18.4 Å². The number of aryl methyl sites for hydroxylation is 1. The van der Waals surface area contributed by atoms with Gasteiger partial charge in [-0.05, 0) is 43.7 Å². The van der Waals surface area contributed by atoms with E-state index in [1.807, 2.05) is 6.92 Å². The Kier molecular flexibility index (Phi) is 5.36. The number of rotatable bonds is 6. The van der Waals surface area contributed by atoms with Crippen LogP contribution in [0.25, 0.3) is 0 Å². The highest BCUT2D eigenvalue weighted by molar-refractivity contribution is 6.03. The lowest BCUT2D eigenvalue weighted by Gasteiger charge is -2.06. The van der Waals surface area contributed by atoms with Gasteiger partial charge in [-0.15, -0.1) is 0 Å². The minimum atomic E-state index is -0.354. The van der Waals surface area contributed by atoms with Gasteiger partial charge in [0, 0.05) is 11.3 Å². The summed E-state index contributed by atoms with van der Waals surface area (Å²) in [5.74, 6) is -0.392. The van der Waals surface area contributed by atoms with Crippen LogP contribution in [0.5, 0.6) is 0 Å². The van der Waals surface area contributed by atoms with Crippen LogP contribution in [0.3, 0.4) is 0 Å². The molecule has 0 bridgehead atoms. The Morgan fingerprint density at radius 3 is 2.50 bits per heavy atom. The summed E-state index contributed by atoms with van der Waals surface area (Å²) in [4.78, 5) is 23.8. The molecule has 0 saturated heterocycles. The smallest absolute Gasteiger partial charge is 0.338 e. The molecule has 0 aliphatic rings. The number of hydrogen-bond donors (Lipinski definition) is 1. The standard InChI is InChI=1S/C17H19NO4/c1-3-4-10-22-17(20)13-5-7-14(8-6-13)18-16(19)15-12(2)9-11-21-15/h5-9,11H,3-4,10H2,1-2H3,(H,18,19). The van der Waals surface area contributed by atoms with Crippen LogP contribution in [-0.4, -0.2) is 18.5 Å². The molecule has 5 nitrogen and oxygen atoms in total. The Hall–Kier alpha value is -2.56. The SMILES string of the molecule is CCCCOC(=O)c1ccc(NC(=O)c2occc2C)cc1. The lowest BCUT2D eigenvalue weighted by Crippen LogP contribution is -2.12. The van der Waals surface area contributed by atoms with Gasteiger partial charge in [0.25, 0.3) is 5.91 Å².